The van der Waals surface area contributed by atoms with Crippen LogP contribution >= 0.6 is 0 Å². The molecule has 10 heteroatoms. The number of aryl methyl sites for hydroxylation is 2. The molecular weight excluding hydrogens is 448 g/mol. The van der Waals surface area contributed by atoms with Gasteiger partial charge in [0.1, 0.15) is 5.82 Å². The number of hydrogen-bond donors (Lipinski definition) is 2. The first kappa shape index (κ1) is 25.9. The molecule has 2 N–H and O–H groups in total. The van der Waals surface area contributed by atoms with E-state index < -0.39 is 11.2 Å². The van der Waals surface area contributed by atoms with Crippen molar-refractivity contribution in [1.29, 1.82) is 0 Å². The largest absolute Gasteiger partial charge is 0.330 e. The predicted molar refractivity (Wildman–Crippen MR) is 137 cm³/mol. The van der Waals surface area contributed by atoms with E-state index in [1.807, 2.05) is 25.3 Å². The van der Waals surface area contributed by atoms with Gasteiger partial charge in [0.15, 0.2) is 11.2 Å². The van der Waals surface area contributed by atoms with Crippen LogP contribution in [0.1, 0.15) is 52.8 Å². The summed E-state index contributed by atoms with van der Waals surface area (Å²) < 4.78 is 3.35. The number of unbranched alkanes of at least 4 members (excludes halogenated alkanes) is 1. The minimum Gasteiger partial charge on any atom is -0.326 e. The second-order valence-corrected chi connectivity index (χ2v) is 9.14. The SMILES string of the molecule is CCCCn1c(=O)[nH]c(=O)c2c1nc(CCC(=O)Nc1ccc(N(C)C(C)=O)cc1)n2CC(C)C. The number of aromatic nitrogens is 4. The molecule has 35 heavy (non-hydrogen) atoms. The molecule has 0 radical (unpaired) electrons. The van der Waals surface area contributed by atoms with Crippen molar-refractivity contribution < 1.29 is 9.59 Å². The van der Waals surface area contributed by atoms with Crippen molar-refractivity contribution in [3.63, 3.8) is 0 Å². The lowest BCUT2D eigenvalue weighted by atomic mass is 10.2. The third kappa shape index (κ3) is 6.06. The lowest BCUT2D eigenvalue weighted by Gasteiger charge is -2.15. The van der Waals surface area contributed by atoms with Gasteiger partial charge in [0, 0.05) is 51.3 Å². The van der Waals surface area contributed by atoms with Gasteiger partial charge >= 0.3 is 5.69 Å². The average molecular weight is 483 g/mol. The first-order chi connectivity index (χ1) is 16.6. The number of imidazole rings is 1. The molecule has 2 amide bonds. The molecular formula is C25H34N6O4. The Morgan fingerprint density at radius 3 is 2.43 bits per heavy atom. The monoisotopic (exact) mass is 482 g/mol. The highest BCUT2D eigenvalue weighted by molar-refractivity contribution is 5.93. The van der Waals surface area contributed by atoms with Crippen LogP contribution in [0.2, 0.25) is 0 Å². The molecule has 0 bridgehead atoms. The molecule has 0 aliphatic rings. The predicted octanol–water partition coefficient (Wildman–Crippen LogP) is 2.90. The third-order valence-electron chi connectivity index (χ3n) is 5.83. The molecule has 0 saturated heterocycles. The molecule has 3 rings (SSSR count). The van der Waals surface area contributed by atoms with E-state index in [1.165, 1.54) is 16.4 Å². The van der Waals surface area contributed by atoms with E-state index in [0.717, 1.165) is 18.5 Å². The molecule has 10 nitrogen and oxygen atoms in total. The summed E-state index contributed by atoms with van der Waals surface area (Å²) in [7, 11) is 1.69. The number of aromatic amines is 1. The lowest BCUT2D eigenvalue weighted by molar-refractivity contribution is -0.117. The van der Waals surface area contributed by atoms with Gasteiger partial charge in [-0.15, -0.1) is 0 Å². The summed E-state index contributed by atoms with van der Waals surface area (Å²) in [5.41, 5.74) is 1.17. The Kier molecular flexibility index (Phi) is 8.26. The minimum atomic E-state index is -0.465. The highest BCUT2D eigenvalue weighted by Gasteiger charge is 2.20. The van der Waals surface area contributed by atoms with Crippen molar-refractivity contribution in [1.82, 2.24) is 19.1 Å². The van der Waals surface area contributed by atoms with Crippen LogP contribution in [0, 0.1) is 5.92 Å². The standard InChI is InChI=1S/C25H34N6O4/c1-6-7-14-30-23-22(24(34)28-25(30)35)31(15-16(2)3)20(27-23)12-13-21(33)26-18-8-10-19(11-9-18)29(5)17(4)32/h8-11,16H,6-7,12-15H2,1-5H3,(H,26,33)(H,28,34,35). The molecule has 0 fully saturated rings. The third-order valence-corrected chi connectivity index (χ3v) is 5.83. The Balaban J connectivity index is 1.83. The Hall–Kier alpha value is -3.69. The molecule has 188 valence electrons. The van der Waals surface area contributed by atoms with Crippen LogP contribution in [0.5, 0.6) is 0 Å². The van der Waals surface area contributed by atoms with Gasteiger partial charge in [0.2, 0.25) is 11.8 Å². The fourth-order valence-electron chi connectivity index (χ4n) is 3.89. The number of nitrogens with one attached hydrogen (secondary N) is 2. The molecule has 0 unspecified atom stereocenters. The average Bonchev–Trinajstić information content (AvgIpc) is 3.15. The van der Waals surface area contributed by atoms with E-state index in [-0.39, 0.29) is 24.2 Å². The number of fused-ring (bicyclic) bond motifs is 1. The van der Waals surface area contributed by atoms with Gasteiger partial charge in [-0.05, 0) is 36.6 Å². The van der Waals surface area contributed by atoms with Gasteiger partial charge in [0.25, 0.3) is 5.56 Å². The fourth-order valence-corrected chi connectivity index (χ4v) is 3.89. The number of hydrogen-bond acceptors (Lipinski definition) is 5. The molecule has 2 aromatic heterocycles. The molecule has 3 aromatic rings. The minimum absolute atomic E-state index is 0.0787. The van der Waals surface area contributed by atoms with Gasteiger partial charge in [-0.25, -0.2) is 9.78 Å². The van der Waals surface area contributed by atoms with Crippen molar-refractivity contribution >= 4 is 34.4 Å². The zero-order valence-electron chi connectivity index (χ0n) is 21.1. The topological polar surface area (TPSA) is 122 Å². The molecule has 0 aliphatic carbocycles. The highest BCUT2D eigenvalue weighted by atomic mass is 16.2. The normalized spacial score (nSPS) is 11.3. The number of amides is 2. The van der Waals surface area contributed by atoms with Crippen molar-refractivity contribution in [3.05, 3.63) is 50.9 Å². The zero-order valence-corrected chi connectivity index (χ0v) is 21.1. The van der Waals surface area contributed by atoms with Gasteiger partial charge < -0.3 is 14.8 Å². The summed E-state index contributed by atoms with van der Waals surface area (Å²) in [5, 5.41) is 2.86. The summed E-state index contributed by atoms with van der Waals surface area (Å²) in [4.78, 5) is 57.9. The summed E-state index contributed by atoms with van der Waals surface area (Å²) >= 11 is 0. The second kappa shape index (κ2) is 11.2. The Bertz CT molecular complexity index is 1320. The number of carbonyl (C=O) groups is 2. The highest BCUT2D eigenvalue weighted by Crippen LogP contribution is 2.19. The number of carbonyl (C=O) groups excluding carboxylic acids is 2. The van der Waals surface area contributed by atoms with Gasteiger partial charge in [0.05, 0.1) is 0 Å². The second-order valence-electron chi connectivity index (χ2n) is 9.14. The van der Waals surface area contributed by atoms with Crippen molar-refractivity contribution in [2.24, 2.45) is 5.92 Å². The quantitative estimate of drug-likeness (QED) is 0.460. The number of anilines is 2. The van der Waals surface area contributed by atoms with Crippen molar-refractivity contribution in [3.8, 4) is 0 Å². The Morgan fingerprint density at radius 1 is 1.14 bits per heavy atom. The first-order valence-electron chi connectivity index (χ1n) is 12.0. The maximum absolute atomic E-state index is 12.7. The molecule has 2 heterocycles. The zero-order chi connectivity index (χ0) is 25.7. The Labute approximate surface area is 204 Å². The maximum Gasteiger partial charge on any atom is 0.330 e. The maximum atomic E-state index is 12.7. The number of benzene rings is 1. The molecule has 0 atom stereocenters. The van der Waals surface area contributed by atoms with E-state index in [1.54, 1.807) is 31.3 Å². The number of rotatable bonds is 10. The number of H-pyrrole nitrogens is 1. The van der Waals surface area contributed by atoms with Crippen molar-refractivity contribution in [2.75, 3.05) is 17.3 Å². The van der Waals surface area contributed by atoms with Crippen LogP contribution in [-0.2, 0) is 29.1 Å². The van der Waals surface area contributed by atoms with E-state index >= 15 is 0 Å². The summed E-state index contributed by atoms with van der Waals surface area (Å²) in [6.45, 7) is 8.61. The summed E-state index contributed by atoms with van der Waals surface area (Å²) in [6.07, 6.45) is 2.17. The van der Waals surface area contributed by atoms with Crippen molar-refractivity contribution in [2.45, 2.75) is 66.5 Å². The van der Waals surface area contributed by atoms with Crippen LogP contribution in [0.4, 0.5) is 11.4 Å². The molecule has 0 spiro atoms. The van der Waals surface area contributed by atoms with Gasteiger partial charge in [-0.1, -0.05) is 27.2 Å². The van der Waals surface area contributed by atoms with E-state index in [2.05, 4.69) is 15.3 Å². The number of nitrogens with zero attached hydrogens (tertiary/aromatic N) is 4. The lowest BCUT2D eigenvalue weighted by Crippen LogP contribution is -2.31. The molecule has 1 aromatic carbocycles. The van der Waals surface area contributed by atoms with Crippen LogP contribution in [0.25, 0.3) is 11.2 Å². The van der Waals surface area contributed by atoms with Crippen LogP contribution in [-0.4, -0.2) is 38.0 Å². The first-order valence-corrected chi connectivity index (χ1v) is 12.0. The van der Waals surface area contributed by atoms with Crippen LogP contribution in [0.15, 0.2) is 33.9 Å². The van der Waals surface area contributed by atoms with Gasteiger partial charge in [-0.2, -0.15) is 0 Å². The van der Waals surface area contributed by atoms with E-state index in [4.69, 9.17) is 0 Å². The van der Waals surface area contributed by atoms with Crippen LogP contribution in [0.3, 0.4) is 0 Å². The fraction of sp³-hybridized carbons (Fsp3) is 0.480. The smallest absolute Gasteiger partial charge is 0.326 e. The van der Waals surface area contributed by atoms with E-state index in [0.29, 0.717) is 42.2 Å². The summed E-state index contributed by atoms with van der Waals surface area (Å²) in [6, 6.07) is 7.02. The summed E-state index contributed by atoms with van der Waals surface area (Å²) in [5.74, 6) is 0.564. The van der Waals surface area contributed by atoms with Gasteiger partial charge in [-0.3, -0.25) is 23.9 Å². The molecule has 0 aliphatic heterocycles. The molecule has 0 saturated carbocycles. The van der Waals surface area contributed by atoms with E-state index in [9.17, 15) is 19.2 Å². The van der Waals surface area contributed by atoms with Crippen LogP contribution < -0.4 is 21.5 Å². The Morgan fingerprint density at radius 2 is 1.83 bits per heavy atom.